The van der Waals surface area contributed by atoms with Crippen LogP contribution in [-0.4, -0.2) is 37.4 Å². The number of nitrogens with zero attached hydrogens (tertiary/aromatic N) is 2. The number of nitrogens with one attached hydrogen (secondary N) is 1. The summed E-state index contributed by atoms with van der Waals surface area (Å²) in [6, 6.07) is 26.4. The molecule has 1 saturated heterocycles. The van der Waals surface area contributed by atoms with Crippen molar-refractivity contribution in [3.05, 3.63) is 101 Å². The first-order chi connectivity index (χ1) is 14.8. The molecule has 1 aliphatic rings. The number of rotatable bonds is 7. The van der Waals surface area contributed by atoms with Crippen molar-refractivity contribution < 1.29 is 9.64 Å². The molecule has 0 atom stereocenters. The molecule has 3 aromatic rings. The Bertz CT molecular complexity index is 952. The number of hydrogen-bond acceptors (Lipinski definition) is 3. The number of benzene rings is 3. The number of quaternary nitrogens is 1. The van der Waals surface area contributed by atoms with Crippen molar-refractivity contribution in [2.75, 3.05) is 26.2 Å². The van der Waals surface area contributed by atoms with E-state index in [4.69, 9.17) is 16.3 Å². The molecule has 0 bridgehead atoms. The van der Waals surface area contributed by atoms with Gasteiger partial charge in [0.1, 0.15) is 18.9 Å². The zero-order valence-electron chi connectivity index (χ0n) is 17.0. The highest BCUT2D eigenvalue weighted by atomic mass is 35.5. The third-order valence-corrected chi connectivity index (χ3v) is 5.71. The fraction of sp³-hybridized carbons (Fsp3) is 0.240. The second kappa shape index (κ2) is 10.3. The van der Waals surface area contributed by atoms with E-state index >= 15 is 0 Å². The average molecular weight is 421 g/mol. The Kier molecular flexibility index (Phi) is 7.01. The first kappa shape index (κ1) is 20.5. The van der Waals surface area contributed by atoms with E-state index in [9.17, 15) is 0 Å². The summed E-state index contributed by atoms with van der Waals surface area (Å²) in [6.45, 7) is 5.59. The standard InChI is InChI=1S/C25H26ClN3O/c26-25-9-5-4-8-23(25)19-28-14-16-29(17-15-28)27-18-21-10-12-24(13-11-21)30-20-22-6-2-1-3-7-22/h1-13,18H,14-17,19-20H2/p+1. The van der Waals surface area contributed by atoms with Crippen LogP contribution in [0.25, 0.3) is 0 Å². The van der Waals surface area contributed by atoms with Gasteiger partial charge in [0.25, 0.3) is 0 Å². The molecule has 4 rings (SSSR count). The van der Waals surface area contributed by atoms with Gasteiger partial charge in [0.2, 0.25) is 0 Å². The summed E-state index contributed by atoms with van der Waals surface area (Å²) in [7, 11) is 0. The van der Waals surface area contributed by atoms with Crippen LogP contribution in [0.5, 0.6) is 5.75 Å². The largest absolute Gasteiger partial charge is 0.489 e. The Hall–Kier alpha value is -2.82. The number of hydrogen-bond donors (Lipinski definition) is 1. The summed E-state index contributed by atoms with van der Waals surface area (Å²) in [5, 5.41) is 7.68. The van der Waals surface area contributed by atoms with E-state index in [2.05, 4.69) is 34.4 Å². The fourth-order valence-corrected chi connectivity index (χ4v) is 3.76. The zero-order chi connectivity index (χ0) is 20.6. The zero-order valence-corrected chi connectivity index (χ0v) is 17.8. The highest BCUT2D eigenvalue weighted by Gasteiger charge is 2.19. The topological polar surface area (TPSA) is 29.3 Å². The monoisotopic (exact) mass is 420 g/mol. The van der Waals surface area contributed by atoms with Gasteiger partial charge in [0.15, 0.2) is 0 Å². The van der Waals surface area contributed by atoms with Crippen molar-refractivity contribution in [2.45, 2.75) is 13.2 Å². The summed E-state index contributed by atoms with van der Waals surface area (Å²) >= 11 is 6.30. The van der Waals surface area contributed by atoms with E-state index in [0.29, 0.717) is 6.61 Å². The van der Waals surface area contributed by atoms with Gasteiger partial charge in [-0.1, -0.05) is 60.1 Å². The van der Waals surface area contributed by atoms with Crippen LogP contribution < -0.4 is 9.64 Å². The minimum atomic E-state index is 0.578. The predicted octanol–water partition coefficient (Wildman–Crippen LogP) is 3.65. The van der Waals surface area contributed by atoms with E-state index in [1.54, 1.807) is 4.90 Å². The van der Waals surface area contributed by atoms with Crippen LogP contribution in [0, 0.1) is 0 Å². The van der Waals surface area contributed by atoms with Crippen LogP contribution in [-0.2, 0) is 13.2 Å². The van der Waals surface area contributed by atoms with Gasteiger partial charge in [0, 0.05) is 10.6 Å². The highest BCUT2D eigenvalue weighted by Crippen LogP contribution is 2.14. The SMILES string of the molecule is Clc1ccccc1C[NH+]1CCN(N=Cc2ccc(OCc3ccccc3)cc2)CC1. The molecule has 1 aliphatic heterocycles. The molecule has 30 heavy (non-hydrogen) atoms. The molecule has 3 aromatic carbocycles. The van der Waals surface area contributed by atoms with E-state index in [-0.39, 0.29) is 0 Å². The predicted molar refractivity (Wildman–Crippen MR) is 122 cm³/mol. The van der Waals surface area contributed by atoms with Crippen molar-refractivity contribution in [3.8, 4) is 5.75 Å². The van der Waals surface area contributed by atoms with E-state index in [1.165, 1.54) is 11.1 Å². The van der Waals surface area contributed by atoms with Gasteiger partial charge < -0.3 is 9.64 Å². The summed E-state index contributed by atoms with van der Waals surface area (Å²) in [4.78, 5) is 1.55. The molecule has 0 radical (unpaired) electrons. The molecule has 0 spiro atoms. The molecule has 1 N–H and O–H groups in total. The second-order valence-corrected chi connectivity index (χ2v) is 7.97. The molecular formula is C25H27ClN3O+. The van der Waals surface area contributed by atoms with Crippen LogP contribution in [0.3, 0.4) is 0 Å². The van der Waals surface area contributed by atoms with Gasteiger partial charge in [-0.2, -0.15) is 5.10 Å². The minimum Gasteiger partial charge on any atom is -0.489 e. The summed E-state index contributed by atoms with van der Waals surface area (Å²) in [5.41, 5.74) is 3.47. The number of halogens is 1. The maximum atomic E-state index is 6.30. The molecule has 154 valence electrons. The maximum absolute atomic E-state index is 6.30. The van der Waals surface area contributed by atoms with Crippen LogP contribution in [0.2, 0.25) is 5.02 Å². The van der Waals surface area contributed by atoms with Crippen LogP contribution >= 0.6 is 11.6 Å². The lowest BCUT2D eigenvalue weighted by Gasteiger charge is -2.30. The lowest BCUT2D eigenvalue weighted by molar-refractivity contribution is -0.918. The van der Waals surface area contributed by atoms with Gasteiger partial charge in [0.05, 0.1) is 32.4 Å². The highest BCUT2D eigenvalue weighted by molar-refractivity contribution is 6.31. The van der Waals surface area contributed by atoms with Crippen LogP contribution in [0.1, 0.15) is 16.7 Å². The Morgan fingerprint density at radius 2 is 1.60 bits per heavy atom. The lowest BCUT2D eigenvalue weighted by atomic mass is 10.2. The average Bonchev–Trinajstić information content (AvgIpc) is 2.80. The Balaban J connectivity index is 1.23. The molecule has 0 saturated carbocycles. The number of hydrazone groups is 1. The van der Waals surface area contributed by atoms with Crippen molar-refractivity contribution in [1.82, 2.24) is 5.01 Å². The Morgan fingerprint density at radius 3 is 2.33 bits per heavy atom. The number of piperazine rings is 1. The van der Waals surface area contributed by atoms with E-state index < -0.39 is 0 Å². The van der Waals surface area contributed by atoms with Crippen molar-refractivity contribution in [3.63, 3.8) is 0 Å². The van der Waals surface area contributed by atoms with Gasteiger partial charge in [-0.3, -0.25) is 5.01 Å². The molecule has 5 heteroatoms. The van der Waals surface area contributed by atoms with Crippen molar-refractivity contribution in [1.29, 1.82) is 0 Å². The lowest BCUT2D eigenvalue weighted by Crippen LogP contribution is -3.13. The smallest absolute Gasteiger partial charge is 0.119 e. The molecular weight excluding hydrogens is 394 g/mol. The van der Waals surface area contributed by atoms with Crippen molar-refractivity contribution in [2.24, 2.45) is 5.10 Å². The van der Waals surface area contributed by atoms with E-state index in [1.807, 2.05) is 60.8 Å². The second-order valence-electron chi connectivity index (χ2n) is 7.56. The van der Waals surface area contributed by atoms with Gasteiger partial charge in [-0.25, -0.2) is 0 Å². The first-order valence-corrected chi connectivity index (χ1v) is 10.8. The molecule has 1 fully saturated rings. The summed E-state index contributed by atoms with van der Waals surface area (Å²) in [5.74, 6) is 0.868. The van der Waals surface area contributed by atoms with Gasteiger partial charge >= 0.3 is 0 Å². The molecule has 0 aromatic heterocycles. The normalized spacial score (nSPS) is 14.9. The molecule has 0 amide bonds. The Labute approximate surface area is 183 Å². The van der Waals surface area contributed by atoms with Gasteiger partial charge in [-0.15, -0.1) is 0 Å². The number of ether oxygens (including phenoxy) is 1. The Morgan fingerprint density at radius 1 is 0.900 bits per heavy atom. The first-order valence-electron chi connectivity index (χ1n) is 10.4. The van der Waals surface area contributed by atoms with Crippen LogP contribution in [0.4, 0.5) is 0 Å². The minimum absolute atomic E-state index is 0.578. The quantitative estimate of drug-likeness (QED) is 0.591. The summed E-state index contributed by atoms with van der Waals surface area (Å²) < 4.78 is 5.84. The maximum Gasteiger partial charge on any atom is 0.119 e. The van der Waals surface area contributed by atoms with E-state index in [0.717, 1.165) is 49.1 Å². The van der Waals surface area contributed by atoms with Gasteiger partial charge in [-0.05, 0) is 41.5 Å². The third kappa shape index (κ3) is 5.85. The molecule has 0 aliphatic carbocycles. The van der Waals surface area contributed by atoms with Crippen LogP contribution in [0.15, 0.2) is 84.0 Å². The van der Waals surface area contributed by atoms with Crippen molar-refractivity contribution >= 4 is 17.8 Å². The summed E-state index contributed by atoms with van der Waals surface area (Å²) in [6.07, 6.45) is 1.93. The fourth-order valence-electron chi connectivity index (χ4n) is 3.55. The molecule has 1 heterocycles. The third-order valence-electron chi connectivity index (χ3n) is 5.34. The molecule has 4 nitrogen and oxygen atoms in total. The molecule has 0 unspecified atom stereocenters.